The first-order valence-electron chi connectivity index (χ1n) is 9.16. The molecule has 126 valence electrons. The Kier molecular flexibility index (Phi) is 5.05. The van der Waals surface area contributed by atoms with Crippen molar-refractivity contribution in [1.82, 2.24) is 0 Å². The van der Waals surface area contributed by atoms with E-state index in [0.717, 1.165) is 16.7 Å². The Hall–Kier alpha value is -1.35. The molecular formula is C20H30NO2+. The van der Waals surface area contributed by atoms with Gasteiger partial charge in [-0.05, 0) is 64.0 Å². The van der Waals surface area contributed by atoms with Crippen LogP contribution in [0.5, 0.6) is 0 Å². The third-order valence-electron chi connectivity index (χ3n) is 5.74. The van der Waals surface area contributed by atoms with Crippen LogP contribution in [-0.2, 0) is 4.74 Å². The van der Waals surface area contributed by atoms with E-state index in [1.165, 1.54) is 50.8 Å². The number of carbonyl (C=O) groups excluding carboxylic acids is 1. The minimum Gasteiger partial charge on any atom is -0.462 e. The summed E-state index contributed by atoms with van der Waals surface area (Å²) < 4.78 is 5.77. The molecular weight excluding hydrogens is 286 g/mol. The number of ether oxygens (including phenoxy) is 1. The van der Waals surface area contributed by atoms with E-state index in [0.29, 0.717) is 18.6 Å². The maximum atomic E-state index is 12.6. The number of hydrogen-bond donors (Lipinski definition) is 1. The first kappa shape index (κ1) is 16.5. The van der Waals surface area contributed by atoms with Gasteiger partial charge >= 0.3 is 5.97 Å². The minimum absolute atomic E-state index is 0.136. The first-order valence-corrected chi connectivity index (χ1v) is 9.16. The molecule has 0 saturated carbocycles. The second kappa shape index (κ2) is 7.04. The molecule has 0 spiro atoms. The second-order valence-corrected chi connectivity index (χ2v) is 7.54. The van der Waals surface area contributed by atoms with E-state index < -0.39 is 0 Å². The average molecular weight is 316 g/mol. The number of quaternary nitrogens is 1. The molecule has 1 aromatic carbocycles. The first-order chi connectivity index (χ1) is 11.1. The summed E-state index contributed by atoms with van der Waals surface area (Å²) in [5, 5.41) is 0. The zero-order valence-electron chi connectivity index (χ0n) is 14.8. The molecule has 0 aliphatic carbocycles. The molecule has 0 amide bonds. The van der Waals surface area contributed by atoms with Crippen LogP contribution in [0.15, 0.2) is 12.1 Å². The van der Waals surface area contributed by atoms with Gasteiger partial charge in [0.2, 0.25) is 0 Å². The summed E-state index contributed by atoms with van der Waals surface area (Å²) in [5.41, 5.74) is 4.02. The molecule has 2 fully saturated rings. The molecule has 1 aromatic rings. The molecule has 3 rings (SSSR count). The maximum Gasteiger partial charge on any atom is 0.338 e. The van der Waals surface area contributed by atoms with Crippen LogP contribution in [-0.4, -0.2) is 31.7 Å². The molecule has 1 N–H and O–H groups in total. The zero-order chi connectivity index (χ0) is 16.4. The SMILES string of the molecule is Cc1cc(C)c(C(=O)OCC2CCC[NH+]3CCCCC23)c(C)c1. The van der Waals surface area contributed by atoms with Crippen molar-refractivity contribution in [1.29, 1.82) is 0 Å². The van der Waals surface area contributed by atoms with Gasteiger partial charge in [-0.3, -0.25) is 0 Å². The number of piperidine rings is 2. The van der Waals surface area contributed by atoms with Crippen molar-refractivity contribution in [2.45, 2.75) is 58.9 Å². The Labute approximate surface area is 140 Å². The lowest BCUT2D eigenvalue weighted by Gasteiger charge is -2.41. The molecule has 0 radical (unpaired) electrons. The highest BCUT2D eigenvalue weighted by molar-refractivity contribution is 5.92. The van der Waals surface area contributed by atoms with Crippen LogP contribution in [0.2, 0.25) is 0 Å². The highest BCUT2D eigenvalue weighted by Crippen LogP contribution is 2.22. The Balaban J connectivity index is 1.65. The maximum absolute atomic E-state index is 12.6. The third-order valence-corrected chi connectivity index (χ3v) is 5.74. The quantitative estimate of drug-likeness (QED) is 0.869. The summed E-state index contributed by atoms with van der Waals surface area (Å²) in [6.45, 7) is 9.29. The number of benzene rings is 1. The van der Waals surface area contributed by atoms with E-state index in [9.17, 15) is 4.79 Å². The van der Waals surface area contributed by atoms with Gasteiger partial charge in [0.1, 0.15) is 6.61 Å². The van der Waals surface area contributed by atoms with Gasteiger partial charge in [-0.25, -0.2) is 4.79 Å². The van der Waals surface area contributed by atoms with Gasteiger partial charge in [0.25, 0.3) is 0 Å². The van der Waals surface area contributed by atoms with Gasteiger partial charge in [0.05, 0.1) is 24.7 Å². The van der Waals surface area contributed by atoms with Crippen molar-refractivity contribution < 1.29 is 14.4 Å². The van der Waals surface area contributed by atoms with E-state index in [4.69, 9.17) is 4.74 Å². The molecule has 2 aliphatic rings. The molecule has 2 saturated heterocycles. The van der Waals surface area contributed by atoms with Crippen molar-refractivity contribution in [3.8, 4) is 0 Å². The van der Waals surface area contributed by atoms with Crippen LogP contribution >= 0.6 is 0 Å². The Morgan fingerprint density at radius 3 is 2.52 bits per heavy atom. The number of nitrogens with one attached hydrogen (secondary N) is 1. The predicted octanol–water partition coefficient (Wildman–Crippen LogP) is 2.62. The van der Waals surface area contributed by atoms with Gasteiger partial charge < -0.3 is 9.64 Å². The number of aryl methyl sites for hydroxylation is 3. The van der Waals surface area contributed by atoms with Gasteiger partial charge in [0, 0.05) is 5.92 Å². The summed E-state index contributed by atoms with van der Waals surface area (Å²) in [5.74, 6) is 0.414. The molecule has 3 heteroatoms. The lowest BCUT2D eigenvalue weighted by atomic mass is 9.84. The average Bonchev–Trinajstić information content (AvgIpc) is 2.52. The fourth-order valence-corrected chi connectivity index (χ4v) is 4.73. The lowest BCUT2D eigenvalue weighted by molar-refractivity contribution is -0.940. The fraction of sp³-hybridized carbons (Fsp3) is 0.650. The van der Waals surface area contributed by atoms with Crippen molar-refractivity contribution in [2.24, 2.45) is 5.92 Å². The summed E-state index contributed by atoms with van der Waals surface area (Å²) in [4.78, 5) is 14.3. The Bertz CT molecular complexity index is 556. The van der Waals surface area contributed by atoms with Gasteiger partial charge in [0.15, 0.2) is 0 Å². The number of rotatable bonds is 3. The van der Waals surface area contributed by atoms with Crippen LogP contribution in [0.3, 0.4) is 0 Å². The fourth-order valence-electron chi connectivity index (χ4n) is 4.73. The summed E-state index contributed by atoms with van der Waals surface area (Å²) >= 11 is 0. The monoisotopic (exact) mass is 316 g/mol. The van der Waals surface area contributed by atoms with Crippen molar-refractivity contribution in [3.05, 3.63) is 34.4 Å². The number of esters is 1. The molecule has 3 atom stereocenters. The van der Waals surface area contributed by atoms with Crippen LogP contribution in [0, 0.1) is 26.7 Å². The second-order valence-electron chi connectivity index (χ2n) is 7.54. The van der Waals surface area contributed by atoms with E-state index in [1.807, 2.05) is 13.8 Å². The van der Waals surface area contributed by atoms with Crippen LogP contribution < -0.4 is 4.90 Å². The van der Waals surface area contributed by atoms with E-state index >= 15 is 0 Å². The summed E-state index contributed by atoms with van der Waals surface area (Å²) in [7, 11) is 0. The topological polar surface area (TPSA) is 30.7 Å². The molecule has 3 unspecified atom stereocenters. The smallest absolute Gasteiger partial charge is 0.338 e. The standard InChI is InChI=1S/C20H29NO2/c1-14-11-15(2)19(16(3)12-14)20(22)23-13-17-7-6-10-21-9-5-4-8-18(17)21/h11-12,17-18H,4-10,13H2,1-3H3/p+1. The number of fused-ring (bicyclic) bond motifs is 1. The van der Waals surface area contributed by atoms with Crippen molar-refractivity contribution in [3.63, 3.8) is 0 Å². The van der Waals surface area contributed by atoms with Gasteiger partial charge in [-0.2, -0.15) is 0 Å². The van der Waals surface area contributed by atoms with E-state index in [2.05, 4.69) is 19.1 Å². The molecule has 2 heterocycles. The lowest BCUT2D eigenvalue weighted by Crippen LogP contribution is -3.18. The third kappa shape index (κ3) is 3.60. The zero-order valence-corrected chi connectivity index (χ0v) is 14.8. The molecule has 2 aliphatic heterocycles. The van der Waals surface area contributed by atoms with Crippen molar-refractivity contribution in [2.75, 3.05) is 19.7 Å². The highest BCUT2D eigenvalue weighted by Gasteiger charge is 2.37. The largest absolute Gasteiger partial charge is 0.462 e. The Morgan fingerprint density at radius 1 is 1.09 bits per heavy atom. The molecule has 0 bridgehead atoms. The molecule has 0 aromatic heterocycles. The summed E-state index contributed by atoms with van der Waals surface area (Å²) in [6.07, 6.45) is 6.50. The van der Waals surface area contributed by atoms with Crippen molar-refractivity contribution >= 4 is 5.97 Å². The van der Waals surface area contributed by atoms with E-state index in [1.54, 1.807) is 4.90 Å². The van der Waals surface area contributed by atoms with Crippen LogP contribution in [0.25, 0.3) is 0 Å². The predicted molar refractivity (Wildman–Crippen MR) is 92.0 cm³/mol. The Morgan fingerprint density at radius 2 is 1.78 bits per heavy atom. The molecule has 23 heavy (non-hydrogen) atoms. The molecule has 3 nitrogen and oxygen atoms in total. The number of hydrogen-bond acceptors (Lipinski definition) is 2. The highest BCUT2D eigenvalue weighted by atomic mass is 16.5. The number of carbonyl (C=O) groups is 1. The normalized spacial score (nSPS) is 27.3. The van der Waals surface area contributed by atoms with Crippen LogP contribution in [0.4, 0.5) is 0 Å². The minimum atomic E-state index is -0.136. The summed E-state index contributed by atoms with van der Waals surface area (Å²) in [6, 6.07) is 4.85. The van der Waals surface area contributed by atoms with Gasteiger partial charge in [-0.1, -0.05) is 17.7 Å². The van der Waals surface area contributed by atoms with Crippen LogP contribution in [0.1, 0.15) is 59.2 Å². The van der Waals surface area contributed by atoms with Gasteiger partial charge in [-0.15, -0.1) is 0 Å². The van der Waals surface area contributed by atoms with E-state index in [-0.39, 0.29) is 5.97 Å².